The largest absolute Gasteiger partial charge is 0.454 e. The molecule has 0 spiro atoms. The number of nitrogens with zero attached hydrogens (tertiary/aromatic N) is 2. The number of hydrogen-bond acceptors (Lipinski definition) is 5. The van der Waals surface area contributed by atoms with Crippen LogP contribution in [0, 0.1) is 0 Å². The van der Waals surface area contributed by atoms with Crippen LogP contribution >= 0.6 is 0 Å². The van der Waals surface area contributed by atoms with Crippen molar-refractivity contribution in [2.75, 3.05) is 12.1 Å². The summed E-state index contributed by atoms with van der Waals surface area (Å²) < 4.78 is 12.1. The summed E-state index contributed by atoms with van der Waals surface area (Å²) in [6.45, 7) is 3.26. The lowest BCUT2D eigenvalue weighted by Gasteiger charge is -2.15. The van der Waals surface area contributed by atoms with Gasteiger partial charge in [0.15, 0.2) is 17.3 Å². The molecule has 1 aliphatic rings. The van der Waals surface area contributed by atoms with Gasteiger partial charge in [0.25, 0.3) is 0 Å². The summed E-state index contributed by atoms with van der Waals surface area (Å²) >= 11 is 0. The van der Waals surface area contributed by atoms with Crippen LogP contribution in [-0.4, -0.2) is 28.3 Å². The molecule has 1 aromatic heterocycles. The van der Waals surface area contributed by atoms with E-state index in [1.165, 1.54) is 11.6 Å². The van der Waals surface area contributed by atoms with Crippen LogP contribution in [0.3, 0.4) is 0 Å². The van der Waals surface area contributed by atoms with E-state index in [4.69, 9.17) is 9.47 Å². The van der Waals surface area contributed by atoms with Gasteiger partial charge in [0, 0.05) is 24.0 Å². The number of anilines is 1. The highest BCUT2D eigenvalue weighted by atomic mass is 16.7. The molecule has 0 saturated carbocycles. The van der Waals surface area contributed by atoms with E-state index in [0.717, 1.165) is 0 Å². The van der Waals surface area contributed by atoms with Crippen LogP contribution in [0.2, 0.25) is 0 Å². The molecule has 0 fully saturated rings. The number of carbonyl (C=O) groups excluding carboxylic acids is 2. The molecule has 7 heteroatoms. The summed E-state index contributed by atoms with van der Waals surface area (Å²) in [4.78, 5) is 24.1. The molecule has 1 atom stereocenters. The standard InChI is InChI=1S/C15H15N3O4/c1-9(18-5-3-4-16-18)15(20)17-12-7-14-13(21-8-22-14)6-11(12)10(2)19/h3-7,9H,8H2,1-2H3,(H,17,20). The van der Waals surface area contributed by atoms with Crippen LogP contribution in [0.25, 0.3) is 0 Å². The van der Waals surface area contributed by atoms with E-state index in [-0.39, 0.29) is 18.5 Å². The van der Waals surface area contributed by atoms with Gasteiger partial charge >= 0.3 is 0 Å². The van der Waals surface area contributed by atoms with Crippen molar-refractivity contribution >= 4 is 17.4 Å². The second-order valence-electron chi connectivity index (χ2n) is 4.96. The fourth-order valence-corrected chi connectivity index (χ4v) is 2.20. The van der Waals surface area contributed by atoms with Crippen molar-refractivity contribution in [3.8, 4) is 11.5 Å². The van der Waals surface area contributed by atoms with Gasteiger partial charge in [-0.25, -0.2) is 0 Å². The molecule has 7 nitrogen and oxygen atoms in total. The lowest BCUT2D eigenvalue weighted by Crippen LogP contribution is -2.24. The summed E-state index contributed by atoms with van der Waals surface area (Å²) in [5.74, 6) is 0.570. The predicted octanol–water partition coefficient (Wildman–Crippen LogP) is 2.01. The first-order valence-electron chi connectivity index (χ1n) is 6.81. The van der Waals surface area contributed by atoms with Crippen molar-refractivity contribution in [2.45, 2.75) is 19.9 Å². The van der Waals surface area contributed by atoms with Crippen molar-refractivity contribution in [1.82, 2.24) is 9.78 Å². The molecular weight excluding hydrogens is 286 g/mol. The maximum absolute atomic E-state index is 12.3. The Morgan fingerprint density at radius 3 is 2.68 bits per heavy atom. The smallest absolute Gasteiger partial charge is 0.248 e. The number of benzene rings is 1. The molecular formula is C15H15N3O4. The van der Waals surface area contributed by atoms with Gasteiger partial charge in [-0.15, -0.1) is 0 Å². The highest BCUT2D eigenvalue weighted by Gasteiger charge is 2.22. The Labute approximate surface area is 126 Å². The Morgan fingerprint density at radius 1 is 1.32 bits per heavy atom. The molecule has 114 valence electrons. The van der Waals surface area contributed by atoms with Gasteiger partial charge in [-0.1, -0.05) is 0 Å². The number of nitrogens with one attached hydrogen (secondary N) is 1. The van der Waals surface area contributed by atoms with Crippen molar-refractivity contribution in [3.05, 3.63) is 36.2 Å². The van der Waals surface area contributed by atoms with Gasteiger partial charge in [0.1, 0.15) is 6.04 Å². The molecule has 22 heavy (non-hydrogen) atoms. The van der Waals surface area contributed by atoms with E-state index in [2.05, 4.69) is 10.4 Å². The zero-order chi connectivity index (χ0) is 15.7. The fourth-order valence-electron chi connectivity index (χ4n) is 2.20. The lowest BCUT2D eigenvalue weighted by molar-refractivity contribution is -0.119. The molecule has 0 radical (unpaired) electrons. The van der Waals surface area contributed by atoms with E-state index >= 15 is 0 Å². The summed E-state index contributed by atoms with van der Waals surface area (Å²) in [5.41, 5.74) is 0.783. The third-order valence-electron chi connectivity index (χ3n) is 3.45. The number of aromatic nitrogens is 2. The van der Waals surface area contributed by atoms with Gasteiger partial charge in [0.2, 0.25) is 12.7 Å². The van der Waals surface area contributed by atoms with Crippen LogP contribution in [0.4, 0.5) is 5.69 Å². The quantitative estimate of drug-likeness (QED) is 0.874. The summed E-state index contributed by atoms with van der Waals surface area (Å²) in [6, 6.07) is 4.43. The molecule has 1 aromatic carbocycles. The van der Waals surface area contributed by atoms with Crippen LogP contribution in [-0.2, 0) is 4.79 Å². The number of carbonyl (C=O) groups is 2. The fraction of sp³-hybridized carbons (Fsp3) is 0.267. The Balaban J connectivity index is 1.88. The third kappa shape index (κ3) is 2.52. The number of hydrogen-bond donors (Lipinski definition) is 1. The van der Waals surface area contributed by atoms with Crippen molar-refractivity contribution in [1.29, 1.82) is 0 Å². The minimum atomic E-state index is -0.500. The molecule has 2 heterocycles. The van der Waals surface area contributed by atoms with Crippen LogP contribution < -0.4 is 14.8 Å². The topological polar surface area (TPSA) is 82.5 Å². The molecule has 0 bridgehead atoms. The molecule has 1 N–H and O–H groups in total. The van der Waals surface area contributed by atoms with Gasteiger partial charge < -0.3 is 14.8 Å². The minimum Gasteiger partial charge on any atom is -0.454 e. The second kappa shape index (κ2) is 5.51. The summed E-state index contributed by atoms with van der Waals surface area (Å²) in [7, 11) is 0. The average Bonchev–Trinajstić information content (AvgIpc) is 3.16. The Bertz CT molecular complexity index is 725. The predicted molar refractivity (Wildman–Crippen MR) is 78.1 cm³/mol. The van der Waals surface area contributed by atoms with E-state index in [0.29, 0.717) is 22.7 Å². The summed E-state index contributed by atoms with van der Waals surface area (Å²) in [5, 5.41) is 6.79. The Hall–Kier alpha value is -2.83. The molecule has 1 unspecified atom stereocenters. The molecule has 0 saturated heterocycles. The first-order valence-corrected chi connectivity index (χ1v) is 6.81. The van der Waals surface area contributed by atoms with Gasteiger partial charge in [-0.05, 0) is 26.0 Å². The maximum Gasteiger partial charge on any atom is 0.248 e. The van der Waals surface area contributed by atoms with E-state index in [1.54, 1.807) is 37.5 Å². The van der Waals surface area contributed by atoms with E-state index in [9.17, 15) is 9.59 Å². The van der Waals surface area contributed by atoms with Crippen LogP contribution in [0.1, 0.15) is 30.2 Å². The highest BCUT2D eigenvalue weighted by Crippen LogP contribution is 2.37. The molecule has 1 amide bonds. The molecule has 2 aromatic rings. The SMILES string of the molecule is CC(=O)c1cc2c(cc1NC(=O)C(C)n1cccn1)OCO2. The van der Waals surface area contributed by atoms with E-state index in [1.807, 2.05) is 0 Å². The van der Waals surface area contributed by atoms with Crippen LogP contribution in [0.5, 0.6) is 11.5 Å². The first-order chi connectivity index (χ1) is 10.6. The van der Waals surface area contributed by atoms with Gasteiger partial charge in [0.05, 0.1) is 5.69 Å². The zero-order valence-electron chi connectivity index (χ0n) is 12.2. The first kappa shape index (κ1) is 14.1. The monoisotopic (exact) mass is 301 g/mol. The summed E-state index contributed by atoms with van der Waals surface area (Å²) in [6.07, 6.45) is 3.31. The van der Waals surface area contributed by atoms with Gasteiger partial charge in [-0.3, -0.25) is 14.3 Å². The minimum absolute atomic E-state index is 0.105. The second-order valence-corrected chi connectivity index (χ2v) is 4.96. The number of ketones is 1. The normalized spacial score (nSPS) is 13.7. The van der Waals surface area contributed by atoms with Crippen molar-refractivity contribution in [2.24, 2.45) is 0 Å². The molecule has 3 rings (SSSR count). The highest BCUT2D eigenvalue weighted by molar-refractivity contribution is 6.05. The number of Topliss-reactive ketones (excluding diaryl/α,β-unsaturated/α-hetero) is 1. The van der Waals surface area contributed by atoms with Crippen molar-refractivity contribution in [3.63, 3.8) is 0 Å². The Morgan fingerprint density at radius 2 is 2.05 bits per heavy atom. The molecule has 1 aliphatic heterocycles. The maximum atomic E-state index is 12.3. The number of amides is 1. The molecule has 0 aliphatic carbocycles. The number of ether oxygens (including phenoxy) is 2. The van der Waals surface area contributed by atoms with Crippen LogP contribution in [0.15, 0.2) is 30.6 Å². The van der Waals surface area contributed by atoms with Gasteiger partial charge in [-0.2, -0.15) is 5.10 Å². The number of rotatable bonds is 4. The lowest BCUT2D eigenvalue weighted by atomic mass is 10.1. The third-order valence-corrected chi connectivity index (χ3v) is 3.45. The van der Waals surface area contributed by atoms with Crippen molar-refractivity contribution < 1.29 is 19.1 Å². The average molecular weight is 301 g/mol. The number of fused-ring (bicyclic) bond motifs is 1. The van der Waals surface area contributed by atoms with E-state index < -0.39 is 6.04 Å². The zero-order valence-corrected chi connectivity index (χ0v) is 12.2. The Kier molecular flexibility index (Phi) is 3.54.